The number of benzene rings is 1. The predicted molar refractivity (Wildman–Crippen MR) is 145 cm³/mol. The maximum atomic E-state index is 6.06. The van der Waals surface area contributed by atoms with Crippen molar-refractivity contribution >= 4 is 10.8 Å². The van der Waals surface area contributed by atoms with Crippen LogP contribution in [-0.2, 0) is 22.4 Å². The van der Waals surface area contributed by atoms with Crippen LogP contribution in [0.5, 0.6) is 11.5 Å². The largest absolute Gasteiger partial charge is 0.493 e. The molecule has 196 valence electrons. The van der Waals surface area contributed by atoms with Crippen molar-refractivity contribution in [1.29, 1.82) is 0 Å². The third kappa shape index (κ3) is 5.35. The molecule has 0 spiro atoms. The first-order valence-electron chi connectivity index (χ1n) is 14.0. The Hall–Kier alpha value is -2.69. The number of fused-ring (bicyclic) bond motifs is 4. The summed E-state index contributed by atoms with van der Waals surface area (Å²) in [5, 5.41) is 2.41. The Morgan fingerprint density at radius 1 is 0.833 bits per heavy atom. The van der Waals surface area contributed by atoms with E-state index < -0.39 is 0 Å². The first-order valence-corrected chi connectivity index (χ1v) is 14.0. The van der Waals surface area contributed by atoms with E-state index >= 15 is 0 Å². The molecule has 0 radical (unpaired) electrons. The van der Waals surface area contributed by atoms with Crippen LogP contribution in [0.25, 0.3) is 10.8 Å². The van der Waals surface area contributed by atoms with Crippen LogP contribution in [0.2, 0.25) is 0 Å². The van der Waals surface area contributed by atoms with Crippen LogP contribution < -0.4 is 14.0 Å². The lowest BCUT2D eigenvalue weighted by molar-refractivity contribution is -0.711. The molecule has 2 aliphatic rings. The molecule has 0 fully saturated rings. The van der Waals surface area contributed by atoms with Crippen LogP contribution in [0.4, 0.5) is 0 Å². The summed E-state index contributed by atoms with van der Waals surface area (Å²) in [6, 6.07) is 4.28. The van der Waals surface area contributed by atoms with Crippen LogP contribution in [0.15, 0.2) is 42.0 Å². The van der Waals surface area contributed by atoms with Crippen molar-refractivity contribution in [3.63, 3.8) is 0 Å². The summed E-state index contributed by atoms with van der Waals surface area (Å²) in [6.45, 7) is 8.61. The van der Waals surface area contributed by atoms with E-state index in [-0.39, 0.29) is 5.92 Å². The number of allylic oxidation sites excluding steroid dienone is 2. The number of aromatic nitrogens is 1. The average Bonchev–Trinajstić information content (AvgIpc) is 2.89. The highest BCUT2D eigenvalue weighted by Gasteiger charge is 2.40. The molecule has 0 bridgehead atoms. The normalized spacial score (nSPS) is 18.7. The Kier molecular flexibility index (Phi) is 9.17. The maximum absolute atomic E-state index is 6.06. The van der Waals surface area contributed by atoms with E-state index in [9.17, 15) is 0 Å². The molecular weight excluding hydrogens is 450 g/mol. The van der Waals surface area contributed by atoms with Gasteiger partial charge < -0.3 is 18.9 Å². The van der Waals surface area contributed by atoms with Crippen LogP contribution in [0.1, 0.15) is 82.9 Å². The molecule has 2 heterocycles. The summed E-state index contributed by atoms with van der Waals surface area (Å²) in [4.78, 5) is 0. The molecule has 0 amide bonds. The van der Waals surface area contributed by atoms with E-state index in [1.165, 1.54) is 55.2 Å². The average molecular weight is 495 g/mol. The molecule has 1 aromatic carbocycles. The maximum Gasteiger partial charge on any atom is 0.192 e. The third-order valence-corrected chi connectivity index (χ3v) is 7.61. The monoisotopic (exact) mass is 494 g/mol. The predicted octanol–water partition coefficient (Wildman–Crippen LogP) is 7.01. The highest BCUT2D eigenvalue weighted by atomic mass is 16.5. The Labute approximate surface area is 217 Å². The second-order valence-corrected chi connectivity index (χ2v) is 9.87. The van der Waals surface area contributed by atoms with Gasteiger partial charge in [0.1, 0.15) is 6.54 Å². The van der Waals surface area contributed by atoms with Crippen molar-refractivity contribution in [3.05, 3.63) is 53.3 Å². The molecule has 1 aliphatic heterocycles. The lowest BCUT2D eigenvalue weighted by Gasteiger charge is -2.32. The van der Waals surface area contributed by atoms with Crippen molar-refractivity contribution in [1.82, 2.24) is 0 Å². The van der Waals surface area contributed by atoms with Crippen molar-refractivity contribution in [2.45, 2.75) is 84.6 Å². The molecule has 1 aliphatic carbocycles. The molecular formula is C31H44NO4+. The number of aryl methyl sites for hydroxylation is 2. The topological polar surface area (TPSA) is 40.8 Å². The summed E-state index contributed by atoms with van der Waals surface area (Å²) >= 11 is 0. The Morgan fingerprint density at radius 3 is 2.25 bits per heavy atom. The zero-order chi connectivity index (χ0) is 25.5. The second-order valence-electron chi connectivity index (χ2n) is 9.87. The van der Waals surface area contributed by atoms with Gasteiger partial charge in [-0.25, -0.2) is 4.57 Å². The van der Waals surface area contributed by atoms with Gasteiger partial charge in [-0.3, -0.25) is 0 Å². The minimum Gasteiger partial charge on any atom is -0.493 e. The standard InChI is InChI=1S/C31H44NO4/c1-6-9-10-11-12-13-14-24-23-15-16-27(33-4)31(34-5)26(23)21-32-18-17-22-19-28(35-7-2)29(36-8-3)20-25(22)30(24)32/h15-16,19-22,25H,6-14,17-18H2,1-5H3/q+1. The highest BCUT2D eigenvalue weighted by Crippen LogP contribution is 2.44. The number of pyridine rings is 1. The zero-order valence-electron chi connectivity index (χ0n) is 22.9. The fourth-order valence-corrected chi connectivity index (χ4v) is 5.93. The number of methoxy groups -OCH3 is 2. The number of unbranched alkanes of at least 4 members (excludes halogenated alkanes) is 5. The number of hydrogen-bond donors (Lipinski definition) is 0. The summed E-state index contributed by atoms with van der Waals surface area (Å²) in [5.74, 6) is 4.08. The second kappa shape index (κ2) is 12.5. The number of nitrogens with zero attached hydrogens (tertiary/aromatic N) is 1. The molecule has 2 aromatic rings. The van der Waals surface area contributed by atoms with E-state index in [2.05, 4.69) is 42.0 Å². The van der Waals surface area contributed by atoms with E-state index in [0.717, 1.165) is 47.8 Å². The first kappa shape index (κ1) is 26.4. The molecule has 2 unspecified atom stereocenters. The van der Waals surface area contributed by atoms with E-state index in [0.29, 0.717) is 19.1 Å². The van der Waals surface area contributed by atoms with Crippen molar-refractivity contribution in [3.8, 4) is 11.5 Å². The van der Waals surface area contributed by atoms with Crippen molar-refractivity contribution in [2.75, 3.05) is 27.4 Å². The Morgan fingerprint density at radius 2 is 1.56 bits per heavy atom. The van der Waals surface area contributed by atoms with E-state index in [1.807, 2.05) is 13.8 Å². The van der Waals surface area contributed by atoms with Gasteiger partial charge in [0.2, 0.25) is 0 Å². The van der Waals surface area contributed by atoms with E-state index in [4.69, 9.17) is 18.9 Å². The molecule has 0 saturated heterocycles. The summed E-state index contributed by atoms with van der Waals surface area (Å²) in [5.41, 5.74) is 2.86. The minimum absolute atomic E-state index is 0.275. The van der Waals surface area contributed by atoms with Crippen molar-refractivity contribution < 1.29 is 23.5 Å². The van der Waals surface area contributed by atoms with Gasteiger partial charge in [0, 0.05) is 23.3 Å². The molecule has 36 heavy (non-hydrogen) atoms. The Bertz CT molecular complexity index is 1100. The van der Waals surface area contributed by atoms with Gasteiger partial charge in [0.25, 0.3) is 0 Å². The fraction of sp³-hybridized carbons (Fsp3) is 0.581. The first-order chi connectivity index (χ1) is 17.7. The zero-order valence-corrected chi connectivity index (χ0v) is 22.9. The van der Waals surface area contributed by atoms with Crippen LogP contribution in [0.3, 0.4) is 0 Å². The molecule has 4 rings (SSSR count). The molecule has 0 N–H and O–H groups in total. The smallest absolute Gasteiger partial charge is 0.192 e. The number of hydrogen-bond acceptors (Lipinski definition) is 4. The van der Waals surface area contributed by atoms with Gasteiger partial charge in [0.15, 0.2) is 34.9 Å². The third-order valence-electron chi connectivity index (χ3n) is 7.61. The van der Waals surface area contributed by atoms with Crippen molar-refractivity contribution in [2.24, 2.45) is 5.92 Å². The van der Waals surface area contributed by atoms with Gasteiger partial charge in [0.05, 0.1) is 38.7 Å². The van der Waals surface area contributed by atoms with Crippen LogP contribution >= 0.6 is 0 Å². The Balaban J connectivity index is 1.80. The lowest BCUT2D eigenvalue weighted by Crippen LogP contribution is -2.47. The summed E-state index contributed by atoms with van der Waals surface area (Å²) in [7, 11) is 3.45. The SMILES string of the molecule is CCCCCCCCc1c2[n+](cc3c(OC)c(OC)ccc13)CCC1C=C(OCC)C(OCC)=CC21. The highest BCUT2D eigenvalue weighted by molar-refractivity contribution is 5.92. The number of rotatable bonds is 13. The molecule has 5 heteroatoms. The molecule has 5 nitrogen and oxygen atoms in total. The molecule has 2 atom stereocenters. The van der Waals surface area contributed by atoms with E-state index in [1.54, 1.807) is 14.2 Å². The fourth-order valence-electron chi connectivity index (χ4n) is 5.93. The van der Waals surface area contributed by atoms with Gasteiger partial charge in [-0.05, 0) is 51.0 Å². The molecule has 1 aromatic heterocycles. The van der Waals surface area contributed by atoms with Gasteiger partial charge in [-0.2, -0.15) is 0 Å². The quantitative estimate of drug-likeness (QED) is 0.222. The van der Waals surface area contributed by atoms with Gasteiger partial charge in [-0.15, -0.1) is 0 Å². The minimum atomic E-state index is 0.275. The lowest BCUT2D eigenvalue weighted by atomic mass is 9.77. The number of ether oxygens (including phenoxy) is 4. The summed E-state index contributed by atoms with van der Waals surface area (Å²) in [6.07, 6.45) is 16.8. The van der Waals surface area contributed by atoms with Crippen LogP contribution in [0, 0.1) is 5.92 Å². The van der Waals surface area contributed by atoms with Gasteiger partial charge in [-0.1, -0.05) is 39.0 Å². The summed E-state index contributed by atoms with van der Waals surface area (Å²) < 4.78 is 26.0. The van der Waals surface area contributed by atoms with Crippen LogP contribution in [-0.4, -0.2) is 27.4 Å². The van der Waals surface area contributed by atoms with Gasteiger partial charge >= 0.3 is 0 Å². The molecule has 0 saturated carbocycles.